The summed E-state index contributed by atoms with van der Waals surface area (Å²) in [5, 5.41) is 42.7. The highest BCUT2D eigenvalue weighted by atomic mass is 16.3. The molecule has 10 N–H and O–H groups in total. The van der Waals surface area contributed by atoms with Crippen LogP contribution in [0.25, 0.3) is 0 Å². The summed E-state index contributed by atoms with van der Waals surface area (Å²) in [6.07, 6.45) is 3.43. The Labute approximate surface area is 305 Å². The molecule has 6 atom stereocenters. The van der Waals surface area contributed by atoms with Gasteiger partial charge in [0, 0.05) is 50.5 Å². The first-order chi connectivity index (χ1) is 25.0. The smallest absolute Gasteiger partial charge is 0.246 e. The van der Waals surface area contributed by atoms with Crippen LogP contribution in [0.15, 0.2) is 30.7 Å². The number of hydrogen-bond acceptors (Lipinski definition) is 12. The monoisotopic (exact) mass is 741 g/mol. The normalized spacial score (nSPS) is 16.6. The maximum absolute atomic E-state index is 14.0. The van der Waals surface area contributed by atoms with E-state index in [1.165, 1.54) is 51.2 Å². The SMILES string of the molecule is CC(=O)N[C@H](C(=O)N[C@@H](Cc1cccnc1)C(=O)N1CCC[C@H]1C(=O)N[C@H](C)C(=O)N[C@@H](Cc1cnc(C)c(O)c1CO)C(=O)NCC(N)=O)[C@@H](C)O. The second-order valence-corrected chi connectivity index (χ2v) is 12.8. The molecule has 0 bridgehead atoms. The number of amides is 7. The largest absolute Gasteiger partial charge is 0.506 e. The summed E-state index contributed by atoms with van der Waals surface area (Å²) in [5.41, 5.74) is 6.29. The Morgan fingerprint density at radius 1 is 0.981 bits per heavy atom. The van der Waals surface area contributed by atoms with Gasteiger partial charge in [-0.25, -0.2) is 0 Å². The van der Waals surface area contributed by atoms with Crippen molar-refractivity contribution in [1.29, 1.82) is 0 Å². The Morgan fingerprint density at radius 2 is 1.68 bits per heavy atom. The Bertz CT molecular complexity index is 1670. The molecule has 0 unspecified atom stereocenters. The van der Waals surface area contributed by atoms with Crippen molar-refractivity contribution in [2.24, 2.45) is 5.73 Å². The van der Waals surface area contributed by atoms with E-state index >= 15 is 0 Å². The molecule has 3 heterocycles. The average molecular weight is 742 g/mol. The van der Waals surface area contributed by atoms with Crippen molar-refractivity contribution < 1.29 is 48.9 Å². The minimum atomic E-state index is -1.36. The highest BCUT2D eigenvalue weighted by Crippen LogP contribution is 2.25. The Hall–Kier alpha value is -5.69. The van der Waals surface area contributed by atoms with E-state index in [1.54, 1.807) is 12.1 Å². The minimum absolute atomic E-state index is 0.0276. The van der Waals surface area contributed by atoms with Gasteiger partial charge in [0.2, 0.25) is 41.4 Å². The molecule has 19 heteroatoms. The molecule has 2 aromatic rings. The fraction of sp³-hybridized carbons (Fsp3) is 0.500. The number of nitrogens with one attached hydrogen (secondary N) is 5. The number of aromatic nitrogens is 2. The van der Waals surface area contributed by atoms with Gasteiger partial charge in [-0.1, -0.05) is 6.07 Å². The highest BCUT2D eigenvalue weighted by molar-refractivity contribution is 5.97. The molecule has 2 aromatic heterocycles. The van der Waals surface area contributed by atoms with E-state index in [9.17, 15) is 48.9 Å². The zero-order valence-electron chi connectivity index (χ0n) is 29.9. The van der Waals surface area contributed by atoms with E-state index < -0.39 is 90.8 Å². The average Bonchev–Trinajstić information content (AvgIpc) is 3.61. The molecule has 1 aliphatic rings. The summed E-state index contributed by atoms with van der Waals surface area (Å²) in [7, 11) is 0. The predicted molar refractivity (Wildman–Crippen MR) is 186 cm³/mol. The lowest BCUT2D eigenvalue weighted by molar-refractivity contribution is -0.142. The molecule has 53 heavy (non-hydrogen) atoms. The molecule has 1 fully saturated rings. The van der Waals surface area contributed by atoms with Crippen LogP contribution in [0.5, 0.6) is 5.75 Å². The Kier molecular flexibility index (Phi) is 15.1. The number of rotatable bonds is 17. The van der Waals surface area contributed by atoms with Crippen LogP contribution < -0.4 is 32.3 Å². The Morgan fingerprint density at radius 3 is 2.28 bits per heavy atom. The van der Waals surface area contributed by atoms with Gasteiger partial charge in [-0.15, -0.1) is 0 Å². The first-order valence-corrected chi connectivity index (χ1v) is 16.9. The standard InChI is InChI=1S/C34H47N9O10/c1-17-29(48)23(16-44)22(14-37-17)12-24(31(50)38-15-27(35)47)41-30(49)18(2)39-32(51)26-8-6-10-43(26)34(53)25(11-21-7-5-9-36-13-21)42-33(52)28(19(3)45)40-20(4)46/h5,7,9,13-14,18-19,24-26,28,44-45,48H,6,8,10-12,15-16H2,1-4H3,(H2,35,47)(H,38,50)(H,39,51)(H,40,46)(H,41,49)(H,42,52)/t18-,19-,24+,25+,26+,28+/m1/s1. The van der Waals surface area contributed by atoms with Gasteiger partial charge in [-0.3, -0.25) is 43.5 Å². The maximum Gasteiger partial charge on any atom is 0.246 e. The molecule has 3 rings (SSSR count). The van der Waals surface area contributed by atoms with Crippen LogP contribution in [-0.2, 0) is 53.0 Å². The fourth-order valence-corrected chi connectivity index (χ4v) is 5.78. The molecule has 0 radical (unpaired) electrons. The van der Waals surface area contributed by atoms with E-state index in [0.29, 0.717) is 12.0 Å². The van der Waals surface area contributed by atoms with Gasteiger partial charge in [0.15, 0.2) is 0 Å². The van der Waals surface area contributed by atoms with E-state index in [2.05, 4.69) is 36.6 Å². The van der Waals surface area contributed by atoms with Gasteiger partial charge >= 0.3 is 0 Å². The molecular weight excluding hydrogens is 694 g/mol. The van der Waals surface area contributed by atoms with Crippen LogP contribution in [0.2, 0.25) is 0 Å². The zero-order valence-corrected chi connectivity index (χ0v) is 29.9. The van der Waals surface area contributed by atoms with Crippen molar-refractivity contribution in [2.75, 3.05) is 13.1 Å². The van der Waals surface area contributed by atoms with Gasteiger partial charge in [0.1, 0.15) is 36.0 Å². The molecule has 0 saturated carbocycles. The second-order valence-electron chi connectivity index (χ2n) is 12.8. The van der Waals surface area contributed by atoms with Gasteiger partial charge in [-0.05, 0) is 50.8 Å². The van der Waals surface area contributed by atoms with E-state index in [4.69, 9.17) is 5.73 Å². The number of aromatic hydroxyl groups is 1. The number of pyridine rings is 2. The van der Waals surface area contributed by atoms with Gasteiger partial charge in [0.25, 0.3) is 0 Å². The van der Waals surface area contributed by atoms with E-state index in [1.807, 2.05) is 0 Å². The summed E-state index contributed by atoms with van der Waals surface area (Å²) >= 11 is 0. The number of aliphatic hydroxyl groups is 2. The maximum atomic E-state index is 14.0. The van der Waals surface area contributed by atoms with Crippen LogP contribution in [0.1, 0.15) is 56.0 Å². The van der Waals surface area contributed by atoms with Crippen LogP contribution in [0.3, 0.4) is 0 Å². The lowest BCUT2D eigenvalue weighted by Gasteiger charge is -2.31. The summed E-state index contributed by atoms with van der Waals surface area (Å²) in [4.78, 5) is 99.6. The third-order valence-electron chi connectivity index (χ3n) is 8.57. The van der Waals surface area contributed by atoms with Crippen LogP contribution >= 0.6 is 0 Å². The topological polar surface area (TPSA) is 295 Å². The summed E-state index contributed by atoms with van der Waals surface area (Å²) in [6.45, 7) is 4.36. The number of aliphatic hydroxyl groups excluding tert-OH is 2. The summed E-state index contributed by atoms with van der Waals surface area (Å²) in [6, 6.07) is -2.90. The van der Waals surface area contributed by atoms with Crippen molar-refractivity contribution in [3.63, 3.8) is 0 Å². The number of primary amides is 1. The number of hydrogen-bond donors (Lipinski definition) is 9. The highest BCUT2D eigenvalue weighted by Gasteiger charge is 2.40. The summed E-state index contributed by atoms with van der Waals surface area (Å²) in [5.74, 6) is -5.46. The van der Waals surface area contributed by atoms with Gasteiger partial charge < -0.3 is 52.5 Å². The number of carbonyl (C=O) groups is 7. The van der Waals surface area contributed by atoms with Crippen LogP contribution in [0.4, 0.5) is 0 Å². The molecule has 1 saturated heterocycles. The number of likely N-dealkylation sites (tertiary alicyclic amines) is 1. The number of carbonyl (C=O) groups excluding carboxylic acids is 7. The molecule has 0 aromatic carbocycles. The van der Waals surface area contributed by atoms with Crippen molar-refractivity contribution in [3.05, 3.63) is 53.1 Å². The molecule has 288 valence electrons. The quantitative estimate of drug-likeness (QED) is 0.0772. The van der Waals surface area contributed by atoms with E-state index in [-0.39, 0.29) is 48.4 Å². The number of nitrogens with two attached hydrogens (primary N) is 1. The lowest BCUT2D eigenvalue weighted by Crippen LogP contribution is -2.60. The van der Waals surface area contributed by atoms with Crippen LogP contribution in [0, 0.1) is 6.92 Å². The van der Waals surface area contributed by atoms with Crippen LogP contribution in [-0.4, -0.2) is 121 Å². The lowest BCUT2D eigenvalue weighted by atomic mass is 10.00. The van der Waals surface area contributed by atoms with Crippen molar-refractivity contribution >= 4 is 41.4 Å². The van der Waals surface area contributed by atoms with Gasteiger partial charge in [0.05, 0.1) is 24.9 Å². The fourth-order valence-electron chi connectivity index (χ4n) is 5.78. The Balaban J connectivity index is 1.78. The first-order valence-electron chi connectivity index (χ1n) is 16.9. The molecule has 0 spiro atoms. The zero-order chi connectivity index (χ0) is 39.4. The second kappa shape index (κ2) is 19.2. The molecule has 19 nitrogen and oxygen atoms in total. The third-order valence-corrected chi connectivity index (χ3v) is 8.57. The first kappa shape index (κ1) is 41.7. The minimum Gasteiger partial charge on any atom is -0.506 e. The third kappa shape index (κ3) is 11.7. The van der Waals surface area contributed by atoms with E-state index in [0.717, 1.165) is 0 Å². The van der Waals surface area contributed by atoms with Crippen molar-refractivity contribution in [1.82, 2.24) is 41.5 Å². The summed E-state index contributed by atoms with van der Waals surface area (Å²) < 4.78 is 0. The molecule has 1 aliphatic heterocycles. The van der Waals surface area contributed by atoms with Crippen molar-refractivity contribution in [2.45, 2.75) is 96.3 Å². The number of aryl methyl sites for hydroxylation is 1. The van der Waals surface area contributed by atoms with Crippen molar-refractivity contribution in [3.8, 4) is 5.75 Å². The predicted octanol–water partition coefficient (Wildman–Crippen LogP) is -3.28. The molecule has 7 amide bonds. The van der Waals surface area contributed by atoms with Gasteiger partial charge in [-0.2, -0.15) is 0 Å². The number of nitrogens with zero attached hydrogens (tertiary/aromatic N) is 3. The molecular formula is C34H47N9O10. The molecule has 0 aliphatic carbocycles.